The van der Waals surface area contributed by atoms with Crippen LogP contribution in [0.5, 0.6) is 5.75 Å². The number of phenolic OH excluding ortho intramolecular Hbond substituents is 1. The molecule has 0 fully saturated rings. The van der Waals surface area contributed by atoms with Gasteiger partial charge in [-0.3, -0.25) is 0 Å². The van der Waals surface area contributed by atoms with E-state index in [0.717, 1.165) is 5.56 Å². The molecule has 21 heavy (non-hydrogen) atoms. The second-order valence-electron chi connectivity index (χ2n) is 4.73. The summed E-state index contributed by atoms with van der Waals surface area (Å²) in [4.78, 5) is 0. The molecule has 1 heterocycles. The summed E-state index contributed by atoms with van der Waals surface area (Å²) in [6.45, 7) is 1.90. The topological polar surface area (TPSA) is 77.0 Å². The highest BCUT2D eigenvalue weighted by atomic mass is 19.1. The summed E-state index contributed by atoms with van der Waals surface area (Å²) < 4.78 is 14.3. The highest BCUT2D eigenvalue weighted by Crippen LogP contribution is 2.29. The minimum absolute atomic E-state index is 0.0582. The minimum Gasteiger partial charge on any atom is -0.506 e. The van der Waals surface area contributed by atoms with Gasteiger partial charge in [0, 0.05) is 5.56 Å². The SMILES string of the molecule is Cc1ccc(O)c(-n2nnc(-c3ccc(F)cc3)c2N)c1. The van der Waals surface area contributed by atoms with Crippen molar-refractivity contribution in [1.82, 2.24) is 15.0 Å². The standard InChI is InChI=1S/C15H13FN4O/c1-9-2-7-13(21)12(8-9)20-15(17)14(18-19-20)10-3-5-11(16)6-4-10/h2-8,21H,17H2,1H3. The van der Waals surface area contributed by atoms with Gasteiger partial charge in [0.15, 0.2) is 5.82 Å². The fourth-order valence-corrected chi connectivity index (χ4v) is 2.08. The third-order valence-electron chi connectivity index (χ3n) is 3.18. The summed E-state index contributed by atoms with van der Waals surface area (Å²) >= 11 is 0. The molecule has 1 aromatic heterocycles. The van der Waals surface area contributed by atoms with Gasteiger partial charge in [0.1, 0.15) is 22.9 Å². The van der Waals surface area contributed by atoms with Gasteiger partial charge in [-0.15, -0.1) is 5.10 Å². The van der Waals surface area contributed by atoms with Crippen LogP contribution in [-0.4, -0.2) is 20.1 Å². The quantitative estimate of drug-likeness (QED) is 0.758. The molecule has 0 atom stereocenters. The van der Waals surface area contributed by atoms with Crippen molar-refractivity contribution in [2.45, 2.75) is 6.92 Å². The summed E-state index contributed by atoms with van der Waals surface area (Å²) in [7, 11) is 0. The molecule has 0 spiro atoms. The number of hydrogen-bond acceptors (Lipinski definition) is 4. The molecule has 0 aliphatic carbocycles. The molecule has 0 amide bonds. The molecule has 0 bridgehead atoms. The van der Waals surface area contributed by atoms with Crippen molar-refractivity contribution in [3.05, 3.63) is 53.8 Å². The molecule has 0 radical (unpaired) electrons. The zero-order valence-corrected chi connectivity index (χ0v) is 11.3. The number of aromatic hydroxyl groups is 1. The Morgan fingerprint density at radius 3 is 2.57 bits per heavy atom. The van der Waals surface area contributed by atoms with E-state index in [1.165, 1.54) is 16.8 Å². The first-order valence-corrected chi connectivity index (χ1v) is 6.33. The van der Waals surface area contributed by atoms with Crippen LogP contribution in [0.15, 0.2) is 42.5 Å². The number of anilines is 1. The largest absolute Gasteiger partial charge is 0.506 e. The van der Waals surface area contributed by atoms with Crippen molar-refractivity contribution in [3.8, 4) is 22.7 Å². The van der Waals surface area contributed by atoms with E-state index in [1.807, 2.05) is 6.92 Å². The van der Waals surface area contributed by atoms with Crippen molar-refractivity contribution in [3.63, 3.8) is 0 Å². The fourth-order valence-electron chi connectivity index (χ4n) is 2.08. The molecular formula is C15H13FN4O. The Labute approximate surface area is 120 Å². The van der Waals surface area contributed by atoms with Gasteiger partial charge in [-0.05, 0) is 48.9 Å². The number of aryl methyl sites for hydroxylation is 1. The smallest absolute Gasteiger partial charge is 0.156 e. The lowest BCUT2D eigenvalue weighted by molar-refractivity contribution is 0.470. The number of phenols is 1. The Kier molecular flexibility index (Phi) is 3.06. The maximum Gasteiger partial charge on any atom is 0.156 e. The van der Waals surface area contributed by atoms with Gasteiger partial charge in [0.05, 0.1) is 0 Å². The highest BCUT2D eigenvalue weighted by Gasteiger charge is 2.15. The Bertz CT molecular complexity index is 796. The van der Waals surface area contributed by atoms with E-state index in [1.54, 1.807) is 30.3 Å². The van der Waals surface area contributed by atoms with Crippen LogP contribution in [0.4, 0.5) is 10.2 Å². The van der Waals surface area contributed by atoms with Gasteiger partial charge >= 0.3 is 0 Å². The Morgan fingerprint density at radius 2 is 1.86 bits per heavy atom. The van der Waals surface area contributed by atoms with E-state index in [4.69, 9.17) is 5.73 Å². The molecule has 0 aliphatic rings. The molecule has 0 saturated heterocycles. The second kappa shape index (κ2) is 4.90. The first-order valence-electron chi connectivity index (χ1n) is 6.33. The number of aromatic nitrogens is 3. The molecule has 3 rings (SSSR count). The third-order valence-corrected chi connectivity index (χ3v) is 3.18. The average Bonchev–Trinajstić information content (AvgIpc) is 2.84. The summed E-state index contributed by atoms with van der Waals surface area (Å²) in [5.74, 6) is 0.00593. The molecule has 5 nitrogen and oxygen atoms in total. The molecule has 6 heteroatoms. The van der Waals surface area contributed by atoms with Crippen molar-refractivity contribution < 1.29 is 9.50 Å². The molecule has 3 N–H and O–H groups in total. The first-order chi connectivity index (χ1) is 10.1. The summed E-state index contributed by atoms with van der Waals surface area (Å²) in [5, 5.41) is 17.9. The lowest BCUT2D eigenvalue weighted by Crippen LogP contribution is -2.03. The van der Waals surface area contributed by atoms with Crippen molar-refractivity contribution in [1.29, 1.82) is 0 Å². The summed E-state index contributed by atoms with van der Waals surface area (Å²) in [5.41, 5.74) is 8.57. The second-order valence-corrected chi connectivity index (χ2v) is 4.73. The average molecular weight is 284 g/mol. The summed E-state index contributed by atoms with van der Waals surface area (Å²) in [6.07, 6.45) is 0. The van der Waals surface area contributed by atoms with Crippen molar-refractivity contribution in [2.24, 2.45) is 0 Å². The van der Waals surface area contributed by atoms with Gasteiger partial charge < -0.3 is 10.8 Å². The number of hydrogen-bond donors (Lipinski definition) is 2. The fraction of sp³-hybridized carbons (Fsp3) is 0.0667. The lowest BCUT2D eigenvalue weighted by atomic mass is 10.1. The van der Waals surface area contributed by atoms with E-state index < -0.39 is 0 Å². The van der Waals surface area contributed by atoms with Crippen molar-refractivity contribution >= 4 is 5.82 Å². The van der Waals surface area contributed by atoms with Crippen LogP contribution < -0.4 is 5.73 Å². The number of nitrogens with two attached hydrogens (primary N) is 1. The zero-order valence-electron chi connectivity index (χ0n) is 11.3. The Morgan fingerprint density at radius 1 is 1.14 bits per heavy atom. The molecule has 0 unspecified atom stereocenters. The predicted molar refractivity (Wildman–Crippen MR) is 77.6 cm³/mol. The van der Waals surface area contributed by atoms with Crippen LogP contribution in [0.3, 0.4) is 0 Å². The molecule has 2 aromatic carbocycles. The number of benzene rings is 2. The highest BCUT2D eigenvalue weighted by molar-refractivity contribution is 5.71. The summed E-state index contributed by atoms with van der Waals surface area (Å²) in [6, 6.07) is 10.9. The van der Waals surface area contributed by atoms with Crippen LogP contribution in [-0.2, 0) is 0 Å². The van der Waals surface area contributed by atoms with Crippen LogP contribution in [0.1, 0.15) is 5.56 Å². The van der Waals surface area contributed by atoms with Crippen LogP contribution >= 0.6 is 0 Å². The number of rotatable bonds is 2. The maximum atomic E-state index is 13.0. The molecule has 3 aromatic rings. The van der Waals surface area contributed by atoms with E-state index in [9.17, 15) is 9.50 Å². The molecule has 0 saturated carbocycles. The van der Waals surface area contributed by atoms with Gasteiger partial charge in [0.25, 0.3) is 0 Å². The first kappa shape index (κ1) is 13.1. The molecule has 0 aliphatic heterocycles. The number of nitrogens with zero attached hydrogens (tertiary/aromatic N) is 3. The molecule has 106 valence electrons. The van der Waals surface area contributed by atoms with Crippen LogP contribution in [0.25, 0.3) is 16.9 Å². The number of halogens is 1. The Hall–Kier alpha value is -2.89. The van der Waals surface area contributed by atoms with E-state index in [2.05, 4.69) is 10.3 Å². The van der Waals surface area contributed by atoms with Crippen LogP contribution in [0, 0.1) is 12.7 Å². The number of nitrogen functional groups attached to an aromatic ring is 1. The monoisotopic (exact) mass is 284 g/mol. The van der Waals surface area contributed by atoms with Crippen LogP contribution in [0.2, 0.25) is 0 Å². The van der Waals surface area contributed by atoms with Gasteiger partial charge in [-0.25, -0.2) is 4.39 Å². The predicted octanol–water partition coefficient (Wildman–Crippen LogP) is 2.67. The maximum absolute atomic E-state index is 13.0. The minimum atomic E-state index is -0.332. The third kappa shape index (κ3) is 2.31. The zero-order chi connectivity index (χ0) is 15.0. The van der Waals surface area contributed by atoms with E-state index in [0.29, 0.717) is 16.9 Å². The normalized spacial score (nSPS) is 10.8. The van der Waals surface area contributed by atoms with Crippen molar-refractivity contribution in [2.75, 3.05) is 5.73 Å². The van der Waals surface area contributed by atoms with Gasteiger partial charge in [0.2, 0.25) is 0 Å². The van der Waals surface area contributed by atoms with Gasteiger partial charge in [-0.1, -0.05) is 11.3 Å². The van der Waals surface area contributed by atoms with E-state index in [-0.39, 0.29) is 17.4 Å². The lowest BCUT2D eigenvalue weighted by Gasteiger charge is -2.07. The Balaban J connectivity index is 2.11. The van der Waals surface area contributed by atoms with Gasteiger partial charge in [-0.2, -0.15) is 4.68 Å². The van der Waals surface area contributed by atoms with E-state index >= 15 is 0 Å². The molecular weight excluding hydrogens is 271 g/mol.